The van der Waals surface area contributed by atoms with Gasteiger partial charge in [-0.3, -0.25) is 10.1 Å². The molecule has 4 nitrogen and oxygen atoms in total. The molecule has 0 N–H and O–H groups in total. The van der Waals surface area contributed by atoms with E-state index in [-0.39, 0.29) is 17.3 Å². The van der Waals surface area contributed by atoms with E-state index < -0.39 is 4.92 Å². The molecule has 21 heavy (non-hydrogen) atoms. The van der Waals surface area contributed by atoms with E-state index in [4.69, 9.17) is 16.3 Å². The molecule has 0 saturated heterocycles. The minimum Gasteiger partial charge on any atom is -0.489 e. The number of hydrogen-bond acceptors (Lipinski definition) is 3. The van der Waals surface area contributed by atoms with Crippen molar-refractivity contribution in [3.63, 3.8) is 0 Å². The number of ether oxygens (including phenoxy) is 1. The molecule has 0 saturated carbocycles. The fourth-order valence-corrected chi connectivity index (χ4v) is 2.09. The summed E-state index contributed by atoms with van der Waals surface area (Å²) in [5.41, 5.74) is 1.84. The van der Waals surface area contributed by atoms with E-state index in [0.29, 0.717) is 11.5 Å². The van der Waals surface area contributed by atoms with Gasteiger partial charge in [0.2, 0.25) is 0 Å². The van der Waals surface area contributed by atoms with Gasteiger partial charge in [0.25, 0.3) is 5.69 Å². The first-order valence-electron chi connectivity index (χ1n) is 6.63. The normalized spacial score (nSPS) is 10.7. The molecular weight excluding hydrogens is 290 g/mol. The largest absolute Gasteiger partial charge is 0.489 e. The highest BCUT2D eigenvalue weighted by Crippen LogP contribution is 2.26. The van der Waals surface area contributed by atoms with E-state index in [2.05, 4.69) is 13.8 Å². The maximum atomic E-state index is 10.8. The Morgan fingerprint density at radius 2 is 1.86 bits per heavy atom. The minimum atomic E-state index is -0.497. The van der Waals surface area contributed by atoms with Crippen LogP contribution < -0.4 is 4.74 Å². The van der Waals surface area contributed by atoms with Gasteiger partial charge >= 0.3 is 0 Å². The van der Waals surface area contributed by atoms with Crippen LogP contribution in [0.1, 0.15) is 30.9 Å². The van der Waals surface area contributed by atoms with E-state index in [1.165, 1.54) is 17.7 Å². The molecule has 2 aromatic rings. The van der Waals surface area contributed by atoms with Crippen LogP contribution in [0.4, 0.5) is 5.69 Å². The molecule has 0 aromatic heterocycles. The molecule has 0 fully saturated rings. The Labute approximate surface area is 128 Å². The third-order valence-electron chi connectivity index (χ3n) is 3.16. The zero-order valence-corrected chi connectivity index (χ0v) is 12.6. The summed E-state index contributed by atoms with van der Waals surface area (Å²) in [7, 11) is 0. The maximum Gasteiger partial charge on any atom is 0.288 e. The van der Waals surface area contributed by atoms with Gasteiger partial charge in [-0.1, -0.05) is 43.6 Å². The SMILES string of the molecule is CC(C)c1ccc(OCc2ccc(Cl)c([N+](=O)[O-])c2)cc1. The highest BCUT2D eigenvalue weighted by molar-refractivity contribution is 6.32. The van der Waals surface area contributed by atoms with Crippen LogP contribution in [0.15, 0.2) is 42.5 Å². The molecule has 0 heterocycles. The third-order valence-corrected chi connectivity index (χ3v) is 3.48. The summed E-state index contributed by atoms with van der Waals surface area (Å²) in [4.78, 5) is 10.3. The number of halogens is 1. The second-order valence-electron chi connectivity index (χ2n) is 5.06. The number of nitro groups is 1. The van der Waals surface area contributed by atoms with Crippen molar-refractivity contribution >= 4 is 17.3 Å². The molecule has 5 heteroatoms. The molecule has 0 aliphatic heterocycles. The number of nitro benzene ring substituents is 1. The van der Waals surface area contributed by atoms with Crippen LogP contribution in [-0.4, -0.2) is 4.92 Å². The van der Waals surface area contributed by atoms with Crippen LogP contribution in [0.5, 0.6) is 5.75 Å². The average Bonchev–Trinajstić information content (AvgIpc) is 2.46. The highest BCUT2D eigenvalue weighted by Gasteiger charge is 2.12. The van der Waals surface area contributed by atoms with Gasteiger partial charge in [0.05, 0.1) is 4.92 Å². The van der Waals surface area contributed by atoms with Gasteiger partial charge in [-0.15, -0.1) is 0 Å². The number of benzene rings is 2. The van der Waals surface area contributed by atoms with E-state index in [1.54, 1.807) is 6.07 Å². The van der Waals surface area contributed by atoms with Gasteiger partial charge < -0.3 is 4.74 Å². The van der Waals surface area contributed by atoms with Crippen LogP contribution in [-0.2, 0) is 6.61 Å². The van der Waals surface area contributed by atoms with E-state index in [1.807, 2.05) is 24.3 Å². The van der Waals surface area contributed by atoms with Gasteiger partial charge in [0.1, 0.15) is 17.4 Å². The molecule has 2 aromatic carbocycles. The molecule has 0 unspecified atom stereocenters. The van der Waals surface area contributed by atoms with Crippen molar-refractivity contribution in [1.82, 2.24) is 0 Å². The van der Waals surface area contributed by atoms with E-state index in [0.717, 1.165) is 5.75 Å². The van der Waals surface area contributed by atoms with Crippen LogP contribution in [0.3, 0.4) is 0 Å². The molecule has 0 spiro atoms. The number of hydrogen-bond donors (Lipinski definition) is 0. The lowest BCUT2D eigenvalue weighted by Crippen LogP contribution is -1.98. The lowest BCUT2D eigenvalue weighted by Gasteiger charge is -2.09. The van der Waals surface area contributed by atoms with E-state index in [9.17, 15) is 10.1 Å². The fourth-order valence-electron chi connectivity index (χ4n) is 1.90. The summed E-state index contributed by atoms with van der Waals surface area (Å²) < 4.78 is 5.64. The predicted molar refractivity (Wildman–Crippen MR) is 83.0 cm³/mol. The van der Waals surface area contributed by atoms with Gasteiger partial charge in [0, 0.05) is 6.07 Å². The summed E-state index contributed by atoms with van der Waals surface area (Å²) >= 11 is 5.77. The standard InChI is InChI=1S/C16H16ClNO3/c1-11(2)13-4-6-14(7-5-13)21-10-12-3-8-15(17)16(9-12)18(19)20/h3-9,11H,10H2,1-2H3. The second kappa shape index (κ2) is 6.59. The highest BCUT2D eigenvalue weighted by atomic mass is 35.5. The van der Waals surface area contributed by atoms with Crippen molar-refractivity contribution < 1.29 is 9.66 Å². The zero-order valence-electron chi connectivity index (χ0n) is 11.9. The Bertz CT molecular complexity index is 638. The Hall–Kier alpha value is -2.07. The average molecular weight is 306 g/mol. The molecule has 0 atom stereocenters. The van der Waals surface area contributed by atoms with Gasteiger partial charge in [-0.2, -0.15) is 0 Å². The van der Waals surface area contributed by atoms with Gasteiger partial charge in [0.15, 0.2) is 0 Å². The summed E-state index contributed by atoms with van der Waals surface area (Å²) in [6, 6.07) is 12.5. The summed E-state index contributed by atoms with van der Waals surface area (Å²) in [5, 5.41) is 11.0. The van der Waals surface area contributed by atoms with Crippen LogP contribution in [0, 0.1) is 10.1 Å². The molecular formula is C16H16ClNO3. The Kier molecular flexibility index (Phi) is 4.81. The van der Waals surface area contributed by atoms with Crippen LogP contribution in [0.2, 0.25) is 5.02 Å². The third kappa shape index (κ3) is 3.95. The lowest BCUT2D eigenvalue weighted by atomic mass is 10.0. The first-order valence-corrected chi connectivity index (χ1v) is 7.00. The smallest absolute Gasteiger partial charge is 0.288 e. The van der Waals surface area contributed by atoms with Crippen molar-refractivity contribution in [3.05, 3.63) is 68.7 Å². The van der Waals surface area contributed by atoms with Gasteiger partial charge in [-0.25, -0.2) is 0 Å². The molecule has 0 amide bonds. The maximum absolute atomic E-state index is 10.8. The quantitative estimate of drug-likeness (QED) is 0.580. The zero-order chi connectivity index (χ0) is 15.4. The molecule has 0 bridgehead atoms. The minimum absolute atomic E-state index is 0.104. The first kappa shape index (κ1) is 15.3. The Morgan fingerprint density at radius 3 is 2.43 bits per heavy atom. The van der Waals surface area contributed by atoms with Gasteiger partial charge in [-0.05, 0) is 35.2 Å². The number of rotatable bonds is 5. The second-order valence-corrected chi connectivity index (χ2v) is 5.46. The fraction of sp³-hybridized carbons (Fsp3) is 0.250. The predicted octanol–water partition coefficient (Wildman–Crippen LogP) is 4.95. The van der Waals surface area contributed by atoms with Crippen molar-refractivity contribution in [1.29, 1.82) is 0 Å². The molecule has 0 aliphatic rings. The Balaban J connectivity index is 2.06. The molecule has 0 aliphatic carbocycles. The Morgan fingerprint density at radius 1 is 1.19 bits per heavy atom. The van der Waals surface area contributed by atoms with E-state index >= 15 is 0 Å². The summed E-state index contributed by atoms with van der Waals surface area (Å²) in [6.07, 6.45) is 0. The summed E-state index contributed by atoms with van der Waals surface area (Å²) in [5.74, 6) is 1.20. The van der Waals surface area contributed by atoms with Crippen molar-refractivity contribution in [3.8, 4) is 5.75 Å². The molecule has 2 rings (SSSR count). The lowest BCUT2D eigenvalue weighted by molar-refractivity contribution is -0.384. The molecule has 110 valence electrons. The first-order chi connectivity index (χ1) is 9.97. The topological polar surface area (TPSA) is 52.4 Å². The van der Waals surface area contributed by atoms with Crippen molar-refractivity contribution in [2.75, 3.05) is 0 Å². The monoisotopic (exact) mass is 305 g/mol. The van der Waals surface area contributed by atoms with Crippen molar-refractivity contribution in [2.45, 2.75) is 26.4 Å². The van der Waals surface area contributed by atoms with Crippen LogP contribution >= 0.6 is 11.6 Å². The summed E-state index contributed by atoms with van der Waals surface area (Å²) in [6.45, 7) is 4.52. The van der Waals surface area contributed by atoms with Crippen molar-refractivity contribution in [2.24, 2.45) is 0 Å². The number of nitrogens with zero attached hydrogens (tertiary/aromatic N) is 1. The van der Waals surface area contributed by atoms with Crippen LogP contribution in [0.25, 0.3) is 0 Å². The molecule has 0 radical (unpaired) electrons.